The van der Waals surface area contributed by atoms with Gasteiger partial charge in [-0.3, -0.25) is 0 Å². The number of nitrogens with two attached hydrogens (primary N) is 1. The van der Waals surface area contributed by atoms with Crippen LogP contribution in [0.2, 0.25) is 0 Å². The van der Waals surface area contributed by atoms with E-state index in [1.807, 2.05) is 19.1 Å². The van der Waals surface area contributed by atoms with Crippen molar-refractivity contribution in [3.63, 3.8) is 0 Å². The van der Waals surface area contributed by atoms with Gasteiger partial charge in [0.25, 0.3) is 0 Å². The molecule has 15 heavy (non-hydrogen) atoms. The summed E-state index contributed by atoms with van der Waals surface area (Å²) >= 11 is 0. The van der Waals surface area contributed by atoms with Gasteiger partial charge in [0.1, 0.15) is 11.5 Å². The fourth-order valence-corrected chi connectivity index (χ4v) is 1.59. The summed E-state index contributed by atoms with van der Waals surface area (Å²) in [6.07, 6.45) is 3.31. The summed E-state index contributed by atoms with van der Waals surface area (Å²) < 4.78 is 5.44. The van der Waals surface area contributed by atoms with Gasteiger partial charge < -0.3 is 15.5 Å². The highest BCUT2D eigenvalue weighted by atomic mass is 16.3. The van der Waals surface area contributed by atoms with E-state index in [2.05, 4.69) is 12.2 Å². The standard InChI is InChI=1S/C12H22N2O/c1-3-4-11(13)7-8-14-9-12-6-5-10(2)15-12/h5-6,11,14H,3-4,7-9,13H2,1-2H3. The molecule has 3 N–H and O–H groups in total. The van der Waals surface area contributed by atoms with Crippen molar-refractivity contribution in [3.8, 4) is 0 Å². The van der Waals surface area contributed by atoms with Gasteiger partial charge in [0.15, 0.2) is 0 Å². The minimum absolute atomic E-state index is 0.334. The molecular weight excluding hydrogens is 188 g/mol. The summed E-state index contributed by atoms with van der Waals surface area (Å²) in [5.41, 5.74) is 5.90. The van der Waals surface area contributed by atoms with Crippen molar-refractivity contribution in [2.75, 3.05) is 6.54 Å². The Morgan fingerprint density at radius 3 is 2.80 bits per heavy atom. The second kappa shape index (κ2) is 6.64. The maximum Gasteiger partial charge on any atom is 0.117 e. The van der Waals surface area contributed by atoms with E-state index in [-0.39, 0.29) is 0 Å². The second-order valence-corrected chi connectivity index (χ2v) is 4.03. The zero-order valence-corrected chi connectivity index (χ0v) is 9.75. The molecule has 1 heterocycles. The van der Waals surface area contributed by atoms with Crippen molar-refractivity contribution >= 4 is 0 Å². The SMILES string of the molecule is CCCC(N)CCNCc1ccc(C)o1. The Bertz CT molecular complexity index is 270. The molecular formula is C12H22N2O. The van der Waals surface area contributed by atoms with Crippen molar-refractivity contribution < 1.29 is 4.42 Å². The van der Waals surface area contributed by atoms with Crippen LogP contribution in [0.4, 0.5) is 0 Å². The van der Waals surface area contributed by atoms with E-state index in [1.54, 1.807) is 0 Å². The van der Waals surface area contributed by atoms with Gasteiger partial charge in [0, 0.05) is 6.04 Å². The summed E-state index contributed by atoms with van der Waals surface area (Å²) in [5, 5.41) is 3.33. The van der Waals surface area contributed by atoms with Gasteiger partial charge in [0.05, 0.1) is 6.54 Å². The van der Waals surface area contributed by atoms with Crippen LogP contribution < -0.4 is 11.1 Å². The summed E-state index contributed by atoms with van der Waals surface area (Å²) in [6, 6.07) is 4.33. The molecule has 1 atom stereocenters. The van der Waals surface area contributed by atoms with E-state index in [0.29, 0.717) is 6.04 Å². The molecule has 1 rings (SSSR count). The highest BCUT2D eigenvalue weighted by Crippen LogP contribution is 2.05. The molecule has 1 unspecified atom stereocenters. The first-order valence-corrected chi connectivity index (χ1v) is 5.74. The molecule has 3 heteroatoms. The summed E-state index contributed by atoms with van der Waals surface area (Å²) in [7, 11) is 0. The normalized spacial score (nSPS) is 13.0. The smallest absolute Gasteiger partial charge is 0.117 e. The Morgan fingerprint density at radius 1 is 1.40 bits per heavy atom. The average Bonchev–Trinajstić information content (AvgIpc) is 2.60. The minimum atomic E-state index is 0.334. The molecule has 0 bridgehead atoms. The summed E-state index contributed by atoms with van der Waals surface area (Å²) in [4.78, 5) is 0. The first-order valence-electron chi connectivity index (χ1n) is 5.74. The summed E-state index contributed by atoms with van der Waals surface area (Å²) in [6.45, 7) is 5.88. The van der Waals surface area contributed by atoms with Crippen LogP contribution in [0.5, 0.6) is 0 Å². The number of nitrogens with one attached hydrogen (secondary N) is 1. The van der Waals surface area contributed by atoms with Gasteiger partial charge in [-0.2, -0.15) is 0 Å². The lowest BCUT2D eigenvalue weighted by Gasteiger charge is -2.09. The van der Waals surface area contributed by atoms with E-state index in [9.17, 15) is 0 Å². The second-order valence-electron chi connectivity index (χ2n) is 4.03. The molecule has 0 aliphatic rings. The van der Waals surface area contributed by atoms with Crippen LogP contribution in [0.1, 0.15) is 37.7 Å². The molecule has 3 nitrogen and oxygen atoms in total. The Morgan fingerprint density at radius 2 is 2.20 bits per heavy atom. The lowest BCUT2D eigenvalue weighted by molar-refractivity contribution is 0.451. The van der Waals surface area contributed by atoms with E-state index in [1.165, 1.54) is 6.42 Å². The first-order chi connectivity index (χ1) is 7.22. The lowest BCUT2D eigenvalue weighted by Crippen LogP contribution is -2.26. The molecule has 0 aromatic carbocycles. The maximum atomic E-state index is 5.90. The molecule has 0 aliphatic heterocycles. The summed E-state index contributed by atoms with van der Waals surface area (Å²) in [5.74, 6) is 1.96. The average molecular weight is 210 g/mol. The third-order valence-corrected chi connectivity index (χ3v) is 2.45. The molecule has 86 valence electrons. The molecule has 0 amide bonds. The third-order valence-electron chi connectivity index (χ3n) is 2.45. The van der Waals surface area contributed by atoms with Gasteiger partial charge in [-0.05, 0) is 38.4 Å². The quantitative estimate of drug-likeness (QED) is 0.678. The van der Waals surface area contributed by atoms with Crippen molar-refractivity contribution in [1.29, 1.82) is 0 Å². The molecule has 1 aromatic heterocycles. The van der Waals surface area contributed by atoms with Gasteiger partial charge in [-0.25, -0.2) is 0 Å². The van der Waals surface area contributed by atoms with Crippen LogP contribution in [-0.2, 0) is 6.54 Å². The fourth-order valence-electron chi connectivity index (χ4n) is 1.59. The first kappa shape index (κ1) is 12.3. The van der Waals surface area contributed by atoms with Crippen LogP contribution in [-0.4, -0.2) is 12.6 Å². The van der Waals surface area contributed by atoms with E-state index in [4.69, 9.17) is 10.2 Å². The number of hydrogen-bond donors (Lipinski definition) is 2. The predicted molar refractivity (Wildman–Crippen MR) is 62.7 cm³/mol. The van der Waals surface area contributed by atoms with Crippen molar-refractivity contribution in [1.82, 2.24) is 5.32 Å². The Kier molecular flexibility index (Phi) is 5.43. The number of furan rings is 1. The van der Waals surface area contributed by atoms with Crippen LogP contribution in [0, 0.1) is 6.92 Å². The Hall–Kier alpha value is -0.800. The highest BCUT2D eigenvalue weighted by molar-refractivity contribution is 5.04. The Balaban J connectivity index is 2.06. The molecule has 0 aliphatic carbocycles. The number of aryl methyl sites for hydroxylation is 1. The van der Waals surface area contributed by atoms with E-state index < -0.39 is 0 Å². The molecule has 0 saturated carbocycles. The van der Waals surface area contributed by atoms with Crippen LogP contribution in [0.25, 0.3) is 0 Å². The highest BCUT2D eigenvalue weighted by Gasteiger charge is 2.01. The van der Waals surface area contributed by atoms with E-state index >= 15 is 0 Å². The molecule has 1 aromatic rings. The zero-order valence-electron chi connectivity index (χ0n) is 9.75. The van der Waals surface area contributed by atoms with E-state index in [0.717, 1.165) is 37.5 Å². The Labute approximate surface area is 92.0 Å². The molecule has 0 fully saturated rings. The number of rotatable bonds is 7. The van der Waals surface area contributed by atoms with Crippen LogP contribution >= 0.6 is 0 Å². The molecule has 0 saturated heterocycles. The van der Waals surface area contributed by atoms with Gasteiger partial charge in [-0.15, -0.1) is 0 Å². The van der Waals surface area contributed by atoms with Crippen LogP contribution in [0.15, 0.2) is 16.5 Å². The number of hydrogen-bond acceptors (Lipinski definition) is 3. The predicted octanol–water partition coefficient (Wildman–Crippen LogP) is 2.20. The van der Waals surface area contributed by atoms with Gasteiger partial charge >= 0.3 is 0 Å². The third kappa shape index (κ3) is 5.00. The topological polar surface area (TPSA) is 51.2 Å². The maximum absolute atomic E-state index is 5.90. The van der Waals surface area contributed by atoms with Crippen LogP contribution in [0.3, 0.4) is 0 Å². The zero-order chi connectivity index (χ0) is 11.1. The van der Waals surface area contributed by atoms with Crippen molar-refractivity contribution in [3.05, 3.63) is 23.7 Å². The van der Waals surface area contributed by atoms with Gasteiger partial charge in [-0.1, -0.05) is 13.3 Å². The van der Waals surface area contributed by atoms with Gasteiger partial charge in [0.2, 0.25) is 0 Å². The molecule has 0 radical (unpaired) electrons. The monoisotopic (exact) mass is 210 g/mol. The minimum Gasteiger partial charge on any atom is -0.465 e. The largest absolute Gasteiger partial charge is 0.465 e. The fraction of sp³-hybridized carbons (Fsp3) is 0.667. The van der Waals surface area contributed by atoms with Crippen molar-refractivity contribution in [2.24, 2.45) is 5.73 Å². The lowest BCUT2D eigenvalue weighted by atomic mass is 10.1. The molecule has 0 spiro atoms. The van der Waals surface area contributed by atoms with Crippen molar-refractivity contribution in [2.45, 2.75) is 45.7 Å².